The van der Waals surface area contributed by atoms with Crippen LogP contribution in [0.15, 0.2) is 29.1 Å². The Morgan fingerprint density at radius 3 is 2.39 bits per heavy atom. The van der Waals surface area contributed by atoms with Crippen molar-refractivity contribution >= 4 is 0 Å². The van der Waals surface area contributed by atoms with Crippen LogP contribution in [0.3, 0.4) is 0 Å². The number of H-pyrrole nitrogens is 1. The summed E-state index contributed by atoms with van der Waals surface area (Å²) < 4.78 is 0. The summed E-state index contributed by atoms with van der Waals surface area (Å²) in [7, 11) is 0. The summed E-state index contributed by atoms with van der Waals surface area (Å²) in [6.07, 6.45) is 1.82. The average molecular weight is 242 g/mol. The summed E-state index contributed by atoms with van der Waals surface area (Å²) in [6, 6.07) is 7.77. The summed E-state index contributed by atoms with van der Waals surface area (Å²) >= 11 is 0. The van der Waals surface area contributed by atoms with Crippen LogP contribution in [0, 0.1) is 13.8 Å². The Morgan fingerprint density at radius 1 is 1.11 bits per heavy atom. The predicted molar refractivity (Wildman–Crippen MR) is 73.8 cm³/mol. The number of hydrogen-bond donors (Lipinski definition) is 1. The molecule has 1 N–H and O–H groups in total. The van der Waals surface area contributed by atoms with Crippen molar-refractivity contribution in [2.75, 3.05) is 0 Å². The van der Waals surface area contributed by atoms with Crippen LogP contribution < -0.4 is 5.56 Å². The number of hydrogen-bond acceptors (Lipinski definition) is 2. The molecular weight excluding hydrogens is 224 g/mol. The van der Waals surface area contributed by atoms with Gasteiger partial charge >= 0.3 is 0 Å². The van der Waals surface area contributed by atoms with Gasteiger partial charge in [-0.05, 0) is 32.4 Å². The van der Waals surface area contributed by atoms with Gasteiger partial charge in [0.2, 0.25) is 0 Å². The Morgan fingerprint density at radius 2 is 1.78 bits per heavy atom. The van der Waals surface area contributed by atoms with Gasteiger partial charge in [-0.3, -0.25) is 4.79 Å². The predicted octanol–water partition coefficient (Wildman–Crippen LogP) is 3.01. The molecule has 1 heterocycles. The van der Waals surface area contributed by atoms with E-state index in [0.29, 0.717) is 5.82 Å². The second-order valence-corrected chi connectivity index (χ2v) is 4.71. The number of nitrogens with zero attached hydrogens (tertiary/aromatic N) is 1. The van der Waals surface area contributed by atoms with Crippen LogP contribution >= 0.6 is 0 Å². The molecule has 0 bridgehead atoms. The van der Waals surface area contributed by atoms with Gasteiger partial charge in [0.25, 0.3) is 5.56 Å². The summed E-state index contributed by atoms with van der Waals surface area (Å²) in [5, 5.41) is 0. The lowest BCUT2D eigenvalue weighted by Gasteiger charge is -2.06. The topological polar surface area (TPSA) is 45.8 Å². The largest absolute Gasteiger partial charge is 0.307 e. The minimum absolute atomic E-state index is 0.0809. The molecule has 0 atom stereocenters. The van der Waals surface area contributed by atoms with Gasteiger partial charge in [0.15, 0.2) is 0 Å². The molecule has 0 saturated carbocycles. The van der Waals surface area contributed by atoms with E-state index in [0.717, 1.165) is 24.1 Å². The molecule has 3 nitrogen and oxygen atoms in total. The molecule has 0 aliphatic carbocycles. The highest BCUT2D eigenvalue weighted by molar-refractivity contribution is 5.57. The third-order valence-corrected chi connectivity index (χ3v) is 2.80. The van der Waals surface area contributed by atoms with Crippen LogP contribution in [0.25, 0.3) is 11.4 Å². The van der Waals surface area contributed by atoms with Crippen LogP contribution in [-0.4, -0.2) is 9.97 Å². The number of nitrogens with one attached hydrogen (secondary N) is 1. The summed E-state index contributed by atoms with van der Waals surface area (Å²) in [5.41, 5.74) is 4.10. The third kappa shape index (κ3) is 2.86. The zero-order valence-corrected chi connectivity index (χ0v) is 11.1. The van der Waals surface area contributed by atoms with E-state index in [2.05, 4.69) is 23.0 Å². The maximum atomic E-state index is 11.6. The van der Waals surface area contributed by atoms with E-state index in [4.69, 9.17) is 0 Å². The fourth-order valence-corrected chi connectivity index (χ4v) is 2.14. The highest BCUT2D eigenvalue weighted by atomic mass is 16.1. The first-order valence-electron chi connectivity index (χ1n) is 6.27. The van der Waals surface area contributed by atoms with E-state index >= 15 is 0 Å². The standard InChI is InChI=1S/C15H18N2O/c1-4-5-13-9-14(18)17-15(16-13)12-7-10(2)6-11(3)8-12/h6-9H,4-5H2,1-3H3,(H,16,17,18). The molecule has 1 aromatic heterocycles. The van der Waals surface area contributed by atoms with Crippen LogP contribution in [0.5, 0.6) is 0 Å². The van der Waals surface area contributed by atoms with Crippen molar-refractivity contribution in [3.63, 3.8) is 0 Å². The highest BCUT2D eigenvalue weighted by Gasteiger charge is 2.05. The summed E-state index contributed by atoms with van der Waals surface area (Å²) in [5.74, 6) is 0.665. The van der Waals surface area contributed by atoms with Crippen molar-refractivity contribution in [1.82, 2.24) is 9.97 Å². The van der Waals surface area contributed by atoms with Gasteiger partial charge in [-0.15, -0.1) is 0 Å². The van der Waals surface area contributed by atoms with Crippen LogP contribution in [-0.2, 0) is 6.42 Å². The average Bonchev–Trinajstić information content (AvgIpc) is 2.27. The Labute approximate surface area is 107 Å². The SMILES string of the molecule is CCCc1cc(=O)[nH]c(-c2cc(C)cc(C)c2)n1. The fraction of sp³-hybridized carbons (Fsp3) is 0.333. The number of aromatic nitrogens is 2. The molecule has 94 valence electrons. The second kappa shape index (κ2) is 5.17. The molecule has 1 aromatic carbocycles. The normalized spacial score (nSPS) is 10.6. The van der Waals surface area contributed by atoms with E-state index in [1.54, 1.807) is 6.07 Å². The smallest absolute Gasteiger partial charge is 0.251 e. The summed E-state index contributed by atoms with van der Waals surface area (Å²) in [6.45, 7) is 6.17. The summed E-state index contributed by atoms with van der Waals surface area (Å²) in [4.78, 5) is 19.0. The Bertz CT molecular complexity index is 594. The molecule has 0 fully saturated rings. The van der Waals surface area contributed by atoms with E-state index in [1.165, 1.54) is 11.1 Å². The third-order valence-electron chi connectivity index (χ3n) is 2.80. The first-order chi connectivity index (χ1) is 8.58. The van der Waals surface area contributed by atoms with Gasteiger partial charge in [-0.1, -0.05) is 30.5 Å². The van der Waals surface area contributed by atoms with Gasteiger partial charge in [0.05, 0.1) is 0 Å². The van der Waals surface area contributed by atoms with Crippen molar-refractivity contribution in [3.8, 4) is 11.4 Å². The zero-order valence-electron chi connectivity index (χ0n) is 11.1. The molecule has 18 heavy (non-hydrogen) atoms. The second-order valence-electron chi connectivity index (χ2n) is 4.71. The van der Waals surface area contributed by atoms with Gasteiger partial charge in [0.1, 0.15) is 5.82 Å². The molecule has 0 aliphatic heterocycles. The molecule has 3 heteroatoms. The van der Waals surface area contributed by atoms with Crippen molar-refractivity contribution in [3.05, 3.63) is 51.4 Å². The Hall–Kier alpha value is -1.90. The molecule has 0 amide bonds. The minimum atomic E-state index is -0.0809. The number of aryl methyl sites for hydroxylation is 3. The van der Waals surface area contributed by atoms with Crippen molar-refractivity contribution in [2.24, 2.45) is 0 Å². The molecule has 2 aromatic rings. The molecule has 0 unspecified atom stereocenters. The lowest BCUT2D eigenvalue weighted by molar-refractivity contribution is 0.869. The lowest BCUT2D eigenvalue weighted by Crippen LogP contribution is -2.10. The van der Waals surface area contributed by atoms with Gasteiger partial charge in [-0.25, -0.2) is 4.98 Å². The van der Waals surface area contributed by atoms with E-state index in [9.17, 15) is 4.79 Å². The van der Waals surface area contributed by atoms with Gasteiger partial charge < -0.3 is 4.98 Å². The Kier molecular flexibility index (Phi) is 3.60. The molecule has 0 saturated heterocycles. The van der Waals surface area contributed by atoms with Crippen LogP contribution in [0.4, 0.5) is 0 Å². The first-order valence-corrected chi connectivity index (χ1v) is 6.27. The minimum Gasteiger partial charge on any atom is -0.307 e. The quantitative estimate of drug-likeness (QED) is 0.899. The maximum Gasteiger partial charge on any atom is 0.251 e. The van der Waals surface area contributed by atoms with E-state index in [-0.39, 0.29) is 5.56 Å². The van der Waals surface area contributed by atoms with Crippen molar-refractivity contribution in [1.29, 1.82) is 0 Å². The monoisotopic (exact) mass is 242 g/mol. The van der Waals surface area contributed by atoms with E-state index < -0.39 is 0 Å². The van der Waals surface area contributed by atoms with Crippen molar-refractivity contribution < 1.29 is 0 Å². The number of benzene rings is 1. The van der Waals surface area contributed by atoms with Crippen molar-refractivity contribution in [2.45, 2.75) is 33.6 Å². The molecule has 0 aliphatic rings. The molecule has 2 rings (SSSR count). The maximum absolute atomic E-state index is 11.6. The first kappa shape index (κ1) is 12.6. The molecule has 0 spiro atoms. The Balaban J connectivity index is 2.52. The van der Waals surface area contributed by atoms with Gasteiger partial charge in [-0.2, -0.15) is 0 Å². The fourth-order valence-electron chi connectivity index (χ4n) is 2.14. The lowest BCUT2D eigenvalue weighted by atomic mass is 10.1. The van der Waals surface area contributed by atoms with Crippen LogP contribution in [0.1, 0.15) is 30.2 Å². The van der Waals surface area contributed by atoms with Gasteiger partial charge in [0, 0.05) is 17.3 Å². The zero-order chi connectivity index (χ0) is 13.1. The number of aromatic amines is 1. The van der Waals surface area contributed by atoms with E-state index in [1.807, 2.05) is 26.0 Å². The number of rotatable bonds is 3. The molecule has 0 radical (unpaired) electrons. The highest BCUT2D eigenvalue weighted by Crippen LogP contribution is 2.18. The molecular formula is C15H18N2O. The van der Waals surface area contributed by atoms with Crippen LogP contribution in [0.2, 0.25) is 0 Å².